The van der Waals surface area contributed by atoms with Crippen LogP contribution >= 0.6 is 11.6 Å². The van der Waals surface area contributed by atoms with Crippen molar-refractivity contribution >= 4 is 35.1 Å². The van der Waals surface area contributed by atoms with Gasteiger partial charge in [0.05, 0.1) is 11.1 Å². The fraction of sp³-hybridized carbons (Fsp3) is 0.222. The molecule has 8 heteroatoms. The zero-order valence-corrected chi connectivity index (χ0v) is 14.6. The number of nitrogens with one attached hydrogen (secondary N) is 1. The van der Waals surface area contributed by atoms with Crippen LogP contribution in [0.5, 0.6) is 0 Å². The first-order valence-electron chi connectivity index (χ1n) is 8.17. The number of non-ortho nitro benzene ring substituents is 1. The van der Waals surface area contributed by atoms with Gasteiger partial charge in [-0.1, -0.05) is 11.6 Å². The number of nitro groups is 1. The summed E-state index contributed by atoms with van der Waals surface area (Å²) in [6, 6.07) is 11.4. The number of nitro benzene ring substituents is 1. The molecule has 1 fully saturated rings. The van der Waals surface area contributed by atoms with Crippen LogP contribution < -0.4 is 10.3 Å². The molecule has 0 unspecified atom stereocenters. The summed E-state index contributed by atoms with van der Waals surface area (Å²) in [5.74, 6) is -0.365. The maximum Gasteiger partial charge on any atom is 0.271 e. The second-order valence-electron chi connectivity index (χ2n) is 5.90. The summed E-state index contributed by atoms with van der Waals surface area (Å²) >= 11 is 5.98. The van der Waals surface area contributed by atoms with Crippen molar-refractivity contribution in [2.75, 3.05) is 18.0 Å². The average molecular weight is 373 g/mol. The first-order valence-corrected chi connectivity index (χ1v) is 8.55. The molecule has 0 bridgehead atoms. The number of halogens is 1. The van der Waals surface area contributed by atoms with Crippen molar-refractivity contribution in [1.29, 1.82) is 0 Å². The highest BCUT2D eigenvalue weighted by atomic mass is 35.5. The van der Waals surface area contributed by atoms with Gasteiger partial charge < -0.3 is 4.90 Å². The minimum Gasteiger partial charge on any atom is -0.372 e. The number of hydrogen-bond acceptors (Lipinski definition) is 5. The second-order valence-corrected chi connectivity index (χ2v) is 6.31. The summed E-state index contributed by atoms with van der Waals surface area (Å²) in [6.07, 6.45) is 3.67. The van der Waals surface area contributed by atoms with Crippen LogP contribution in [-0.2, 0) is 0 Å². The Morgan fingerprint density at radius 3 is 2.54 bits per heavy atom. The van der Waals surface area contributed by atoms with E-state index in [2.05, 4.69) is 15.4 Å². The number of amides is 1. The van der Waals surface area contributed by atoms with Crippen molar-refractivity contribution in [3.8, 4) is 0 Å². The van der Waals surface area contributed by atoms with Gasteiger partial charge in [0.25, 0.3) is 11.6 Å². The molecule has 7 nitrogen and oxygen atoms in total. The van der Waals surface area contributed by atoms with Crippen LogP contribution in [0.25, 0.3) is 0 Å². The van der Waals surface area contributed by atoms with E-state index in [1.807, 2.05) is 12.1 Å². The summed E-state index contributed by atoms with van der Waals surface area (Å²) in [7, 11) is 0. The molecular weight excluding hydrogens is 356 g/mol. The van der Waals surface area contributed by atoms with Crippen LogP contribution in [0.2, 0.25) is 5.02 Å². The molecule has 0 aromatic heterocycles. The summed E-state index contributed by atoms with van der Waals surface area (Å²) in [6.45, 7) is 2.08. The van der Waals surface area contributed by atoms with Gasteiger partial charge in [-0.25, -0.2) is 5.43 Å². The van der Waals surface area contributed by atoms with Crippen molar-refractivity contribution in [2.24, 2.45) is 5.10 Å². The van der Waals surface area contributed by atoms with Gasteiger partial charge in [-0.05, 0) is 43.2 Å². The SMILES string of the molecule is O=C(N/N=C\c1cc([N+](=O)[O-])ccc1Cl)c1ccc(N2CCCC2)cc1. The van der Waals surface area contributed by atoms with Crippen LogP contribution in [0.1, 0.15) is 28.8 Å². The van der Waals surface area contributed by atoms with Crippen LogP contribution in [-0.4, -0.2) is 30.1 Å². The van der Waals surface area contributed by atoms with E-state index in [1.165, 1.54) is 37.3 Å². The van der Waals surface area contributed by atoms with Gasteiger partial charge in [-0.2, -0.15) is 5.10 Å². The largest absolute Gasteiger partial charge is 0.372 e. The van der Waals surface area contributed by atoms with E-state index in [0.29, 0.717) is 16.1 Å². The molecule has 0 atom stereocenters. The number of carbonyl (C=O) groups is 1. The minimum atomic E-state index is -0.520. The van der Waals surface area contributed by atoms with E-state index >= 15 is 0 Å². The van der Waals surface area contributed by atoms with Crippen LogP contribution in [0.4, 0.5) is 11.4 Å². The lowest BCUT2D eigenvalue weighted by Crippen LogP contribution is -2.19. The second kappa shape index (κ2) is 7.97. The van der Waals surface area contributed by atoms with Gasteiger partial charge in [-0.3, -0.25) is 14.9 Å². The summed E-state index contributed by atoms with van der Waals surface area (Å²) in [4.78, 5) is 24.7. The topological polar surface area (TPSA) is 87.8 Å². The molecular formula is C18H17ClN4O3. The Kier molecular flexibility index (Phi) is 5.48. The molecule has 2 aromatic rings. The van der Waals surface area contributed by atoms with Crippen molar-refractivity contribution in [1.82, 2.24) is 5.43 Å². The Bertz CT molecular complexity index is 846. The van der Waals surface area contributed by atoms with Crippen molar-refractivity contribution in [3.63, 3.8) is 0 Å². The van der Waals surface area contributed by atoms with Gasteiger partial charge in [0.15, 0.2) is 0 Å². The molecule has 0 radical (unpaired) electrons. The van der Waals surface area contributed by atoms with E-state index in [0.717, 1.165) is 18.8 Å². The Hall–Kier alpha value is -2.93. The van der Waals surface area contributed by atoms with Gasteiger partial charge >= 0.3 is 0 Å². The fourth-order valence-electron chi connectivity index (χ4n) is 2.77. The maximum absolute atomic E-state index is 12.1. The Balaban J connectivity index is 1.64. The number of carbonyl (C=O) groups excluding carboxylic acids is 1. The predicted molar refractivity (Wildman–Crippen MR) is 101 cm³/mol. The maximum atomic E-state index is 12.1. The molecule has 1 aliphatic rings. The summed E-state index contributed by atoms with van der Waals surface area (Å²) in [5, 5.41) is 14.9. The third kappa shape index (κ3) is 4.18. The zero-order valence-electron chi connectivity index (χ0n) is 13.9. The zero-order chi connectivity index (χ0) is 18.5. The summed E-state index contributed by atoms with van der Waals surface area (Å²) < 4.78 is 0. The van der Waals surface area contributed by atoms with Crippen LogP contribution in [0.3, 0.4) is 0 Å². The molecule has 1 aliphatic heterocycles. The minimum absolute atomic E-state index is 0.0975. The van der Waals surface area contributed by atoms with Gasteiger partial charge in [0, 0.05) is 47.1 Å². The van der Waals surface area contributed by atoms with Gasteiger partial charge in [0.1, 0.15) is 0 Å². The molecule has 0 aliphatic carbocycles. The van der Waals surface area contributed by atoms with E-state index in [9.17, 15) is 14.9 Å². The lowest BCUT2D eigenvalue weighted by atomic mass is 10.2. The molecule has 134 valence electrons. The highest BCUT2D eigenvalue weighted by Crippen LogP contribution is 2.21. The van der Waals surface area contributed by atoms with Crippen molar-refractivity contribution < 1.29 is 9.72 Å². The first-order chi connectivity index (χ1) is 12.5. The molecule has 26 heavy (non-hydrogen) atoms. The molecule has 1 saturated heterocycles. The number of hydrogen-bond donors (Lipinski definition) is 1. The van der Waals surface area contributed by atoms with Gasteiger partial charge in [-0.15, -0.1) is 0 Å². The quantitative estimate of drug-likeness (QED) is 0.493. The van der Waals surface area contributed by atoms with E-state index in [4.69, 9.17) is 11.6 Å². The predicted octanol–water partition coefficient (Wildman–Crippen LogP) is 3.61. The number of anilines is 1. The van der Waals surface area contributed by atoms with E-state index < -0.39 is 4.92 Å². The number of hydrazone groups is 1. The molecule has 1 N–H and O–H groups in total. The third-order valence-electron chi connectivity index (χ3n) is 4.16. The number of rotatable bonds is 5. The number of nitrogens with zero attached hydrogens (tertiary/aromatic N) is 3. The fourth-order valence-corrected chi connectivity index (χ4v) is 2.93. The highest BCUT2D eigenvalue weighted by molar-refractivity contribution is 6.33. The molecule has 0 spiro atoms. The average Bonchev–Trinajstić information content (AvgIpc) is 3.18. The molecule has 1 amide bonds. The Labute approximate surface area is 155 Å². The Morgan fingerprint density at radius 1 is 1.19 bits per heavy atom. The lowest BCUT2D eigenvalue weighted by molar-refractivity contribution is -0.384. The molecule has 3 rings (SSSR count). The molecule has 1 heterocycles. The van der Waals surface area contributed by atoms with Crippen LogP contribution in [0, 0.1) is 10.1 Å². The first kappa shape index (κ1) is 17.9. The van der Waals surface area contributed by atoms with E-state index in [-0.39, 0.29) is 11.6 Å². The van der Waals surface area contributed by atoms with Crippen LogP contribution in [0.15, 0.2) is 47.6 Å². The van der Waals surface area contributed by atoms with Crippen molar-refractivity contribution in [2.45, 2.75) is 12.8 Å². The third-order valence-corrected chi connectivity index (χ3v) is 4.51. The Morgan fingerprint density at radius 2 is 1.88 bits per heavy atom. The smallest absolute Gasteiger partial charge is 0.271 e. The normalized spacial score (nSPS) is 14.0. The van der Waals surface area contributed by atoms with E-state index in [1.54, 1.807) is 12.1 Å². The highest BCUT2D eigenvalue weighted by Gasteiger charge is 2.13. The van der Waals surface area contributed by atoms with Gasteiger partial charge in [0.2, 0.25) is 0 Å². The van der Waals surface area contributed by atoms with Crippen molar-refractivity contribution in [3.05, 3.63) is 68.7 Å². The molecule has 2 aromatic carbocycles. The molecule has 0 saturated carbocycles. The standard InChI is InChI=1S/C18H17ClN4O3/c19-17-8-7-16(23(25)26)11-14(17)12-20-21-18(24)13-3-5-15(6-4-13)22-9-1-2-10-22/h3-8,11-12H,1-2,9-10H2,(H,21,24)/b20-12-. The lowest BCUT2D eigenvalue weighted by Gasteiger charge is -2.17. The summed E-state index contributed by atoms with van der Waals surface area (Å²) in [5.41, 5.74) is 4.24. The number of benzene rings is 2. The monoisotopic (exact) mass is 372 g/mol.